The van der Waals surface area contributed by atoms with Gasteiger partial charge in [0.15, 0.2) is 0 Å². The highest BCUT2D eigenvalue weighted by atomic mass is 16.1. The van der Waals surface area contributed by atoms with Gasteiger partial charge < -0.3 is 14.3 Å². The first-order valence-corrected chi connectivity index (χ1v) is 9.18. The van der Waals surface area contributed by atoms with Gasteiger partial charge in [-0.05, 0) is 56.3 Å². The highest BCUT2D eigenvalue weighted by Crippen LogP contribution is 2.36. The molecule has 27 heavy (non-hydrogen) atoms. The Hall–Kier alpha value is -3.34. The van der Waals surface area contributed by atoms with Crippen molar-refractivity contribution in [2.45, 2.75) is 27.3 Å². The number of aryl methyl sites for hydroxylation is 2. The average Bonchev–Trinajstić information content (AvgIpc) is 3.24. The van der Waals surface area contributed by atoms with Gasteiger partial charge in [-0.15, -0.1) is 0 Å². The van der Waals surface area contributed by atoms with Crippen LogP contribution in [0.2, 0.25) is 0 Å². The molecule has 0 spiro atoms. The van der Waals surface area contributed by atoms with E-state index in [2.05, 4.69) is 70.7 Å². The molecule has 0 saturated carbocycles. The molecule has 0 bridgehead atoms. The molecular weight excluding hydrogens is 336 g/mol. The fraction of sp³-hybridized carbons (Fsp3) is 0.182. The van der Waals surface area contributed by atoms with E-state index in [9.17, 15) is 4.79 Å². The number of hydrogen-bond acceptors (Lipinski definition) is 2. The van der Waals surface area contributed by atoms with E-state index in [1.165, 1.54) is 12.4 Å². The normalized spacial score (nSPS) is 11.8. The Balaban J connectivity index is 1.99. The molecule has 5 rings (SSSR count). The lowest BCUT2D eigenvalue weighted by Crippen LogP contribution is -2.05. The fourth-order valence-electron chi connectivity index (χ4n) is 4.20. The zero-order chi connectivity index (χ0) is 18.7. The predicted octanol–water partition coefficient (Wildman–Crippen LogP) is 4.88. The lowest BCUT2D eigenvalue weighted by atomic mass is 10.1. The maximum absolute atomic E-state index is 11.5. The molecule has 134 valence electrons. The van der Waals surface area contributed by atoms with Gasteiger partial charge in [-0.3, -0.25) is 4.79 Å². The predicted molar refractivity (Wildman–Crippen MR) is 110 cm³/mol. The van der Waals surface area contributed by atoms with E-state index in [-0.39, 0.29) is 5.91 Å². The van der Waals surface area contributed by atoms with Gasteiger partial charge in [0.1, 0.15) is 0 Å². The maximum Gasteiger partial charge on any atom is 0.221 e. The van der Waals surface area contributed by atoms with Crippen LogP contribution in [0.1, 0.15) is 19.5 Å². The number of carbonyl (C=O) groups excluding carboxylic acids is 1. The van der Waals surface area contributed by atoms with E-state index in [1.54, 1.807) is 0 Å². The molecule has 5 aromatic rings. The summed E-state index contributed by atoms with van der Waals surface area (Å²) in [7, 11) is 0. The first kappa shape index (κ1) is 15.9. The highest BCUT2D eigenvalue weighted by molar-refractivity contribution is 6.20. The third-order valence-corrected chi connectivity index (χ3v) is 5.28. The van der Waals surface area contributed by atoms with Crippen LogP contribution in [-0.4, -0.2) is 19.9 Å². The molecule has 1 N–H and O–H groups in total. The topological polar surface area (TPSA) is 51.3 Å². The number of benzene rings is 2. The molecule has 5 nitrogen and oxygen atoms in total. The number of rotatable bonds is 2. The lowest BCUT2D eigenvalue weighted by molar-refractivity contribution is -0.114. The second kappa shape index (κ2) is 5.58. The van der Waals surface area contributed by atoms with Gasteiger partial charge in [-0.1, -0.05) is 0 Å². The van der Waals surface area contributed by atoms with E-state index in [0.29, 0.717) is 0 Å². The molecule has 0 aliphatic heterocycles. The van der Waals surface area contributed by atoms with E-state index >= 15 is 0 Å². The van der Waals surface area contributed by atoms with Gasteiger partial charge in [0.2, 0.25) is 5.91 Å². The Kier molecular flexibility index (Phi) is 3.28. The quantitative estimate of drug-likeness (QED) is 0.490. The second-order valence-electron chi connectivity index (χ2n) is 6.95. The third kappa shape index (κ3) is 2.18. The molecule has 2 aromatic carbocycles. The summed E-state index contributed by atoms with van der Waals surface area (Å²) in [5.41, 5.74) is 7.34. The van der Waals surface area contributed by atoms with Gasteiger partial charge in [0, 0.05) is 41.6 Å². The molecule has 3 heterocycles. The molecule has 0 aliphatic rings. The number of carbonyl (C=O) groups is 1. The maximum atomic E-state index is 11.5. The molecule has 0 atom stereocenters. The molecule has 0 saturated heterocycles. The van der Waals surface area contributed by atoms with Gasteiger partial charge in [-0.25, -0.2) is 4.98 Å². The Morgan fingerprint density at radius 3 is 2.63 bits per heavy atom. The number of anilines is 1. The van der Waals surface area contributed by atoms with Gasteiger partial charge >= 0.3 is 0 Å². The summed E-state index contributed by atoms with van der Waals surface area (Å²) in [4.78, 5) is 16.5. The minimum atomic E-state index is -0.0681. The van der Waals surface area contributed by atoms with Crippen LogP contribution in [0.15, 0.2) is 48.7 Å². The SMILES string of the molecule is CCn1c2ccc(NC(C)=O)cc2c2c3nc(C)c4cccn4c3ccc21. The second-order valence-corrected chi connectivity index (χ2v) is 6.95. The number of hydrogen-bond donors (Lipinski definition) is 1. The van der Waals surface area contributed by atoms with Crippen molar-refractivity contribution in [1.29, 1.82) is 0 Å². The van der Waals surface area contributed by atoms with E-state index in [4.69, 9.17) is 4.98 Å². The van der Waals surface area contributed by atoms with Crippen molar-refractivity contribution >= 4 is 50.0 Å². The smallest absolute Gasteiger partial charge is 0.221 e. The monoisotopic (exact) mass is 356 g/mol. The van der Waals surface area contributed by atoms with E-state index < -0.39 is 0 Å². The van der Waals surface area contributed by atoms with Gasteiger partial charge in [-0.2, -0.15) is 0 Å². The van der Waals surface area contributed by atoms with Crippen LogP contribution >= 0.6 is 0 Å². The highest BCUT2D eigenvalue weighted by Gasteiger charge is 2.16. The number of aromatic nitrogens is 3. The van der Waals surface area contributed by atoms with Crippen molar-refractivity contribution in [2.24, 2.45) is 0 Å². The van der Waals surface area contributed by atoms with Gasteiger partial charge in [0.25, 0.3) is 0 Å². The molecular formula is C22H20N4O. The Morgan fingerprint density at radius 2 is 1.85 bits per heavy atom. The lowest BCUT2D eigenvalue weighted by Gasteiger charge is -2.08. The summed E-state index contributed by atoms with van der Waals surface area (Å²) >= 11 is 0. The summed E-state index contributed by atoms with van der Waals surface area (Å²) in [5.74, 6) is -0.0681. The first-order chi connectivity index (χ1) is 13.1. The Bertz CT molecular complexity index is 1370. The van der Waals surface area contributed by atoms with Crippen LogP contribution in [0.25, 0.3) is 38.4 Å². The zero-order valence-electron chi connectivity index (χ0n) is 15.6. The Labute approximate surface area is 156 Å². The molecule has 3 aromatic heterocycles. The van der Waals surface area contributed by atoms with Crippen LogP contribution < -0.4 is 5.32 Å². The van der Waals surface area contributed by atoms with Crippen LogP contribution in [0, 0.1) is 6.92 Å². The van der Waals surface area contributed by atoms with Crippen LogP contribution in [0.3, 0.4) is 0 Å². The molecule has 0 radical (unpaired) electrons. The van der Waals surface area contributed by atoms with Crippen LogP contribution in [-0.2, 0) is 11.3 Å². The molecule has 5 heteroatoms. The summed E-state index contributed by atoms with van der Waals surface area (Å²) in [5, 5.41) is 5.15. The first-order valence-electron chi connectivity index (χ1n) is 9.18. The summed E-state index contributed by atoms with van der Waals surface area (Å²) < 4.78 is 4.50. The number of fused-ring (bicyclic) bond motifs is 7. The van der Waals surface area contributed by atoms with Crippen molar-refractivity contribution in [3.8, 4) is 0 Å². The van der Waals surface area contributed by atoms with Crippen LogP contribution in [0.5, 0.6) is 0 Å². The fourth-order valence-corrected chi connectivity index (χ4v) is 4.20. The number of nitrogens with one attached hydrogen (secondary N) is 1. The van der Waals surface area contributed by atoms with Crippen molar-refractivity contribution in [2.75, 3.05) is 5.32 Å². The van der Waals surface area contributed by atoms with Crippen molar-refractivity contribution in [1.82, 2.24) is 14.0 Å². The van der Waals surface area contributed by atoms with Crippen LogP contribution in [0.4, 0.5) is 5.69 Å². The molecule has 1 amide bonds. The number of amides is 1. The van der Waals surface area contributed by atoms with Crippen molar-refractivity contribution < 1.29 is 4.79 Å². The number of nitrogens with zero attached hydrogens (tertiary/aromatic N) is 3. The summed E-state index contributed by atoms with van der Waals surface area (Å²) in [6.07, 6.45) is 2.08. The summed E-state index contributed by atoms with van der Waals surface area (Å²) in [6.45, 7) is 6.60. The Morgan fingerprint density at radius 1 is 1.07 bits per heavy atom. The molecule has 0 aliphatic carbocycles. The zero-order valence-corrected chi connectivity index (χ0v) is 15.6. The van der Waals surface area contributed by atoms with E-state index in [0.717, 1.165) is 50.8 Å². The van der Waals surface area contributed by atoms with Crippen molar-refractivity contribution in [3.05, 3.63) is 54.4 Å². The largest absolute Gasteiger partial charge is 0.341 e. The van der Waals surface area contributed by atoms with Crippen molar-refractivity contribution in [3.63, 3.8) is 0 Å². The minimum absolute atomic E-state index is 0.0681. The van der Waals surface area contributed by atoms with Gasteiger partial charge in [0.05, 0.1) is 27.8 Å². The third-order valence-electron chi connectivity index (χ3n) is 5.28. The average molecular weight is 356 g/mol. The molecule has 0 unspecified atom stereocenters. The summed E-state index contributed by atoms with van der Waals surface area (Å²) in [6, 6.07) is 14.6. The standard InChI is InChI=1S/C22H20N4O/c1-4-25-18-8-7-15(24-14(3)27)12-16(18)21-19(25)9-10-20-22(21)23-13(2)17-6-5-11-26(17)20/h5-12H,4H2,1-3H3,(H,24,27). The minimum Gasteiger partial charge on any atom is -0.341 e. The van der Waals surface area contributed by atoms with E-state index in [1.807, 2.05) is 6.07 Å². The molecule has 0 fully saturated rings.